The fourth-order valence-electron chi connectivity index (χ4n) is 1.79. The molecule has 62 valence electrons. The molecule has 2 aliphatic heterocycles. The summed E-state index contributed by atoms with van der Waals surface area (Å²) in [6.45, 7) is 0.338. The van der Waals surface area contributed by atoms with Gasteiger partial charge in [0.1, 0.15) is 0 Å². The molecule has 11 heavy (non-hydrogen) atoms. The van der Waals surface area contributed by atoms with Gasteiger partial charge in [-0.3, -0.25) is 0 Å². The summed E-state index contributed by atoms with van der Waals surface area (Å²) in [5, 5.41) is 9.82. The van der Waals surface area contributed by atoms with Gasteiger partial charge in [0.05, 0.1) is 17.8 Å². The zero-order valence-electron chi connectivity index (χ0n) is 6.36. The standard InChI is InChI=1S/C8H13NO2/c9-5-8(10)3-6-1-2-7(4-8)11-6/h1-2,6-7,10H,3-5,9H2/t6-,7+,8?. The molecule has 2 heterocycles. The van der Waals surface area contributed by atoms with Crippen LogP contribution in [0.1, 0.15) is 12.8 Å². The molecule has 1 fully saturated rings. The number of fused-ring (bicyclic) bond motifs is 2. The largest absolute Gasteiger partial charge is 0.388 e. The maximum Gasteiger partial charge on any atom is 0.0825 e. The van der Waals surface area contributed by atoms with Crippen molar-refractivity contribution in [2.45, 2.75) is 30.7 Å². The first-order valence-electron chi connectivity index (χ1n) is 3.98. The molecule has 0 aromatic rings. The highest BCUT2D eigenvalue weighted by molar-refractivity contribution is 5.10. The first kappa shape index (κ1) is 7.28. The Morgan fingerprint density at radius 1 is 1.45 bits per heavy atom. The van der Waals surface area contributed by atoms with Crippen molar-refractivity contribution in [1.29, 1.82) is 0 Å². The van der Waals surface area contributed by atoms with E-state index < -0.39 is 5.60 Å². The zero-order chi connectivity index (χ0) is 7.90. The third-order valence-corrected chi connectivity index (χ3v) is 2.43. The Hall–Kier alpha value is -0.380. The third-order valence-electron chi connectivity index (χ3n) is 2.43. The maximum absolute atomic E-state index is 9.82. The predicted molar refractivity (Wildman–Crippen MR) is 41.0 cm³/mol. The highest BCUT2D eigenvalue weighted by Gasteiger charge is 2.39. The van der Waals surface area contributed by atoms with Gasteiger partial charge >= 0.3 is 0 Å². The quantitative estimate of drug-likeness (QED) is 0.515. The molecule has 0 radical (unpaired) electrons. The second-order valence-corrected chi connectivity index (χ2v) is 3.43. The molecule has 0 aromatic carbocycles. The van der Waals surface area contributed by atoms with Crippen molar-refractivity contribution >= 4 is 0 Å². The van der Waals surface area contributed by atoms with Crippen LogP contribution < -0.4 is 5.73 Å². The number of nitrogens with two attached hydrogens (primary N) is 1. The summed E-state index contributed by atoms with van der Waals surface area (Å²) in [7, 11) is 0. The molecule has 2 bridgehead atoms. The second-order valence-electron chi connectivity index (χ2n) is 3.43. The van der Waals surface area contributed by atoms with Gasteiger partial charge in [0.25, 0.3) is 0 Å². The van der Waals surface area contributed by atoms with Crippen LogP contribution in [0.2, 0.25) is 0 Å². The van der Waals surface area contributed by atoms with Gasteiger partial charge in [-0.25, -0.2) is 0 Å². The van der Waals surface area contributed by atoms with Gasteiger partial charge in [0, 0.05) is 19.4 Å². The zero-order valence-corrected chi connectivity index (χ0v) is 6.36. The van der Waals surface area contributed by atoms with Crippen LogP contribution >= 0.6 is 0 Å². The topological polar surface area (TPSA) is 55.5 Å². The minimum absolute atomic E-state index is 0.0994. The normalized spacial score (nSPS) is 48.2. The summed E-state index contributed by atoms with van der Waals surface area (Å²) >= 11 is 0. The molecule has 1 unspecified atom stereocenters. The monoisotopic (exact) mass is 155 g/mol. The van der Waals surface area contributed by atoms with E-state index in [0.717, 1.165) is 0 Å². The smallest absolute Gasteiger partial charge is 0.0825 e. The molecule has 3 nitrogen and oxygen atoms in total. The Morgan fingerprint density at radius 2 is 2.00 bits per heavy atom. The van der Waals surface area contributed by atoms with Crippen molar-refractivity contribution in [3.8, 4) is 0 Å². The van der Waals surface area contributed by atoms with E-state index >= 15 is 0 Å². The van der Waals surface area contributed by atoms with Crippen molar-refractivity contribution in [3.05, 3.63) is 12.2 Å². The summed E-state index contributed by atoms with van der Waals surface area (Å²) in [4.78, 5) is 0. The first-order chi connectivity index (χ1) is 5.22. The van der Waals surface area contributed by atoms with E-state index in [-0.39, 0.29) is 12.2 Å². The molecule has 0 saturated carbocycles. The minimum Gasteiger partial charge on any atom is -0.388 e. The van der Waals surface area contributed by atoms with Gasteiger partial charge in [-0.2, -0.15) is 0 Å². The number of rotatable bonds is 1. The second kappa shape index (κ2) is 2.30. The lowest BCUT2D eigenvalue weighted by Crippen LogP contribution is -2.46. The molecule has 0 spiro atoms. The number of ether oxygens (including phenoxy) is 1. The Labute approximate surface area is 65.8 Å². The minimum atomic E-state index is -0.683. The van der Waals surface area contributed by atoms with Crippen molar-refractivity contribution < 1.29 is 9.84 Å². The highest BCUT2D eigenvalue weighted by Crippen LogP contribution is 2.33. The summed E-state index contributed by atoms with van der Waals surface area (Å²) < 4.78 is 5.47. The number of hydrogen-bond acceptors (Lipinski definition) is 3. The van der Waals surface area contributed by atoms with Gasteiger partial charge in [0.2, 0.25) is 0 Å². The lowest BCUT2D eigenvalue weighted by atomic mass is 9.90. The Bertz CT molecular complexity index is 177. The lowest BCUT2D eigenvalue weighted by molar-refractivity contribution is -0.0969. The van der Waals surface area contributed by atoms with Crippen LogP contribution in [0.3, 0.4) is 0 Å². The molecule has 0 aliphatic carbocycles. The van der Waals surface area contributed by atoms with Crippen molar-refractivity contribution in [2.75, 3.05) is 6.54 Å². The lowest BCUT2D eigenvalue weighted by Gasteiger charge is -2.35. The Kier molecular flexibility index (Phi) is 1.52. The molecule has 2 rings (SSSR count). The van der Waals surface area contributed by atoms with E-state index in [1.54, 1.807) is 0 Å². The summed E-state index contributed by atoms with van der Waals surface area (Å²) in [5.74, 6) is 0. The van der Waals surface area contributed by atoms with E-state index in [4.69, 9.17) is 10.5 Å². The molecule has 1 saturated heterocycles. The van der Waals surface area contributed by atoms with Crippen LogP contribution in [0.4, 0.5) is 0 Å². The summed E-state index contributed by atoms with van der Waals surface area (Å²) in [6, 6.07) is 0. The van der Waals surface area contributed by atoms with E-state index in [0.29, 0.717) is 19.4 Å². The van der Waals surface area contributed by atoms with Crippen LogP contribution in [0.5, 0.6) is 0 Å². The van der Waals surface area contributed by atoms with Gasteiger partial charge in [0.15, 0.2) is 0 Å². The summed E-state index contributed by atoms with van der Waals surface area (Å²) in [5.41, 5.74) is 4.77. The van der Waals surface area contributed by atoms with Crippen LogP contribution in [0.25, 0.3) is 0 Å². The van der Waals surface area contributed by atoms with Gasteiger partial charge < -0.3 is 15.6 Å². The van der Waals surface area contributed by atoms with E-state index in [2.05, 4.69) is 0 Å². The Morgan fingerprint density at radius 3 is 2.45 bits per heavy atom. The van der Waals surface area contributed by atoms with Gasteiger partial charge in [-0.05, 0) is 0 Å². The fraction of sp³-hybridized carbons (Fsp3) is 0.750. The number of hydrogen-bond donors (Lipinski definition) is 2. The molecule has 0 aromatic heterocycles. The molecule has 2 aliphatic rings. The molecule has 3 heteroatoms. The van der Waals surface area contributed by atoms with E-state index in [1.165, 1.54) is 0 Å². The SMILES string of the molecule is NCC1(O)C[C@H]2C=C[C@@H](C1)O2. The Balaban J connectivity index is 2.11. The summed E-state index contributed by atoms with van der Waals surface area (Å²) in [6.07, 6.45) is 5.52. The molecule has 3 atom stereocenters. The third kappa shape index (κ3) is 1.20. The fourth-order valence-corrected chi connectivity index (χ4v) is 1.79. The molecule has 3 N–H and O–H groups in total. The average Bonchev–Trinajstić information content (AvgIpc) is 2.31. The van der Waals surface area contributed by atoms with Crippen molar-refractivity contribution in [3.63, 3.8) is 0 Å². The van der Waals surface area contributed by atoms with E-state index in [9.17, 15) is 5.11 Å². The van der Waals surface area contributed by atoms with Crippen LogP contribution in [0.15, 0.2) is 12.2 Å². The van der Waals surface area contributed by atoms with Crippen molar-refractivity contribution in [2.24, 2.45) is 5.73 Å². The van der Waals surface area contributed by atoms with Gasteiger partial charge in [-0.15, -0.1) is 0 Å². The van der Waals surface area contributed by atoms with Crippen LogP contribution in [0, 0.1) is 0 Å². The average molecular weight is 155 g/mol. The van der Waals surface area contributed by atoms with Crippen LogP contribution in [-0.4, -0.2) is 29.5 Å². The van der Waals surface area contributed by atoms with Crippen LogP contribution in [-0.2, 0) is 4.74 Å². The first-order valence-corrected chi connectivity index (χ1v) is 3.98. The molecule has 0 amide bonds. The predicted octanol–water partition coefficient (Wildman–Crippen LogP) is -0.206. The highest BCUT2D eigenvalue weighted by atomic mass is 16.5. The van der Waals surface area contributed by atoms with E-state index in [1.807, 2.05) is 12.2 Å². The molecular weight excluding hydrogens is 142 g/mol. The van der Waals surface area contributed by atoms with Gasteiger partial charge in [-0.1, -0.05) is 12.2 Å². The maximum atomic E-state index is 9.82. The molecular formula is C8H13NO2. The van der Waals surface area contributed by atoms with Crippen molar-refractivity contribution in [1.82, 2.24) is 0 Å². The number of aliphatic hydroxyl groups is 1.